The number of ether oxygens (including phenoxy) is 1. The average Bonchev–Trinajstić information content (AvgIpc) is 2.63. The molecule has 28 heavy (non-hydrogen) atoms. The summed E-state index contributed by atoms with van der Waals surface area (Å²) in [5.41, 5.74) is 0.0649. The van der Waals surface area contributed by atoms with Crippen LogP contribution in [0.4, 0.5) is 23.2 Å². The summed E-state index contributed by atoms with van der Waals surface area (Å²) in [6.07, 6.45) is -3.55. The van der Waals surface area contributed by atoms with Gasteiger partial charge in [-0.2, -0.15) is 13.2 Å². The fourth-order valence-electron chi connectivity index (χ4n) is 2.50. The van der Waals surface area contributed by atoms with Crippen LogP contribution in [0.2, 0.25) is 0 Å². The fourth-order valence-corrected chi connectivity index (χ4v) is 2.50. The highest BCUT2D eigenvalue weighted by Crippen LogP contribution is 2.27. The van der Waals surface area contributed by atoms with Gasteiger partial charge in [0.2, 0.25) is 5.91 Å². The Morgan fingerprint density at radius 3 is 2.68 bits per heavy atom. The molecule has 1 heterocycles. The summed E-state index contributed by atoms with van der Waals surface area (Å²) in [7, 11) is 0. The second-order valence-electron chi connectivity index (χ2n) is 5.76. The highest BCUT2D eigenvalue weighted by atomic mass is 19.4. The van der Waals surface area contributed by atoms with Gasteiger partial charge in [0.05, 0.1) is 22.9 Å². The Kier molecular flexibility index (Phi) is 5.30. The van der Waals surface area contributed by atoms with Crippen molar-refractivity contribution in [2.24, 2.45) is 0 Å². The van der Waals surface area contributed by atoms with E-state index in [0.717, 1.165) is 29.0 Å². The molecule has 10 heteroatoms. The van der Waals surface area contributed by atoms with Crippen LogP contribution in [0.15, 0.2) is 53.5 Å². The van der Waals surface area contributed by atoms with Gasteiger partial charge in [-0.15, -0.1) is 0 Å². The zero-order valence-corrected chi connectivity index (χ0v) is 14.2. The van der Waals surface area contributed by atoms with Crippen LogP contribution in [0.1, 0.15) is 0 Å². The number of rotatable bonds is 5. The Bertz CT molecular complexity index is 1080. The number of carbonyl (C=O) groups excluding carboxylic acids is 1. The molecule has 0 aliphatic heterocycles. The molecule has 146 valence electrons. The molecule has 0 bridgehead atoms. The molecule has 0 radical (unpaired) electrons. The second-order valence-corrected chi connectivity index (χ2v) is 5.76. The minimum absolute atomic E-state index is 0.277. The molecule has 3 rings (SSSR count). The summed E-state index contributed by atoms with van der Waals surface area (Å²) in [4.78, 5) is 28.4. The predicted molar refractivity (Wildman–Crippen MR) is 92.6 cm³/mol. The van der Waals surface area contributed by atoms with Crippen molar-refractivity contribution < 1.29 is 27.1 Å². The third kappa shape index (κ3) is 4.64. The van der Waals surface area contributed by atoms with Gasteiger partial charge >= 0.3 is 6.18 Å². The zero-order valence-electron chi connectivity index (χ0n) is 14.2. The molecule has 0 saturated heterocycles. The smallest absolute Gasteiger partial charge is 0.422 e. The van der Waals surface area contributed by atoms with Crippen LogP contribution >= 0.6 is 0 Å². The maximum atomic E-state index is 13.5. The molecule has 1 N–H and O–H groups in total. The van der Waals surface area contributed by atoms with Crippen LogP contribution in [0.3, 0.4) is 0 Å². The molecule has 0 aliphatic carbocycles. The van der Waals surface area contributed by atoms with Gasteiger partial charge in [-0.1, -0.05) is 12.1 Å². The maximum Gasteiger partial charge on any atom is 0.422 e. The van der Waals surface area contributed by atoms with E-state index in [9.17, 15) is 27.2 Å². The number of carbonyl (C=O) groups is 1. The highest BCUT2D eigenvalue weighted by Gasteiger charge is 2.29. The van der Waals surface area contributed by atoms with Crippen LogP contribution in [-0.2, 0) is 11.3 Å². The number of nitrogens with one attached hydrogen (secondary N) is 1. The standard InChI is InChI=1S/C18H13F4N3O3/c19-11-5-6-15(28-10-18(20,21)22)13(7-11)24-16(26)9-25-14-4-2-1-3-12(14)23-8-17(25)27/h1-8H,9-10H2,(H,24,26). The van der Waals surface area contributed by atoms with E-state index in [4.69, 9.17) is 0 Å². The fraction of sp³-hybridized carbons (Fsp3) is 0.167. The van der Waals surface area contributed by atoms with Crippen molar-refractivity contribution >= 4 is 22.6 Å². The summed E-state index contributed by atoms with van der Waals surface area (Å²) >= 11 is 0. The summed E-state index contributed by atoms with van der Waals surface area (Å²) in [5, 5.41) is 2.28. The lowest BCUT2D eigenvalue weighted by Crippen LogP contribution is -2.28. The number of anilines is 1. The van der Waals surface area contributed by atoms with E-state index in [2.05, 4.69) is 15.0 Å². The second kappa shape index (κ2) is 7.67. The molecule has 0 atom stereocenters. The van der Waals surface area contributed by atoms with Crippen LogP contribution < -0.4 is 15.6 Å². The molecule has 2 aromatic carbocycles. The molecule has 6 nitrogen and oxygen atoms in total. The Labute approximate surface area is 155 Å². The zero-order chi connectivity index (χ0) is 20.3. The third-order valence-electron chi connectivity index (χ3n) is 3.66. The number of para-hydroxylation sites is 2. The number of alkyl halides is 3. The normalized spacial score (nSPS) is 11.4. The van der Waals surface area contributed by atoms with Gasteiger partial charge in [0, 0.05) is 6.07 Å². The Morgan fingerprint density at radius 2 is 1.93 bits per heavy atom. The minimum Gasteiger partial charge on any atom is -0.482 e. The summed E-state index contributed by atoms with van der Waals surface area (Å²) < 4.78 is 56.3. The number of amides is 1. The number of fused-ring (bicyclic) bond motifs is 1. The number of halogens is 4. The number of hydrogen-bond acceptors (Lipinski definition) is 4. The topological polar surface area (TPSA) is 73.2 Å². The van der Waals surface area contributed by atoms with E-state index in [1.54, 1.807) is 24.3 Å². The van der Waals surface area contributed by atoms with E-state index in [1.807, 2.05) is 0 Å². The van der Waals surface area contributed by atoms with Gasteiger partial charge in [-0.05, 0) is 24.3 Å². The van der Waals surface area contributed by atoms with Crippen molar-refractivity contribution in [3.05, 3.63) is 64.8 Å². The largest absolute Gasteiger partial charge is 0.482 e. The average molecular weight is 395 g/mol. The lowest BCUT2D eigenvalue weighted by atomic mass is 10.2. The van der Waals surface area contributed by atoms with Crippen LogP contribution in [-0.4, -0.2) is 28.2 Å². The van der Waals surface area contributed by atoms with Crippen LogP contribution in [0.25, 0.3) is 11.0 Å². The van der Waals surface area contributed by atoms with Crippen molar-refractivity contribution in [2.45, 2.75) is 12.7 Å². The molecule has 3 aromatic rings. The summed E-state index contributed by atoms with van der Waals surface area (Å²) in [6, 6.07) is 9.33. The van der Waals surface area contributed by atoms with Crippen molar-refractivity contribution in [1.82, 2.24) is 9.55 Å². The SMILES string of the molecule is O=C(Cn1c(=O)cnc2ccccc21)Nc1cc(F)ccc1OCC(F)(F)F. The molecule has 0 saturated carbocycles. The van der Waals surface area contributed by atoms with Gasteiger partial charge in [-0.3, -0.25) is 14.2 Å². The van der Waals surface area contributed by atoms with E-state index in [-0.39, 0.29) is 11.4 Å². The lowest BCUT2D eigenvalue weighted by Gasteiger charge is -2.15. The highest BCUT2D eigenvalue weighted by molar-refractivity contribution is 5.93. The Morgan fingerprint density at radius 1 is 1.18 bits per heavy atom. The van der Waals surface area contributed by atoms with Gasteiger partial charge in [0.25, 0.3) is 5.56 Å². The first kappa shape index (κ1) is 19.3. The first-order valence-corrected chi connectivity index (χ1v) is 7.96. The molecular formula is C18H13F4N3O3. The van der Waals surface area contributed by atoms with Crippen molar-refractivity contribution in [3.8, 4) is 5.75 Å². The van der Waals surface area contributed by atoms with Gasteiger partial charge < -0.3 is 10.1 Å². The molecule has 0 aliphatic rings. The quantitative estimate of drug-likeness (QED) is 0.674. The van der Waals surface area contributed by atoms with E-state index in [1.165, 1.54) is 0 Å². The monoisotopic (exact) mass is 395 g/mol. The Balaban J connectivity index is 1.83. The van der Waals surface area contributed by atoms with E-state index < -0.39 is 36.6 Å². The first-order valence-electron chi connectivity index (χ1n) is 7.96. The first-order chi connectivity index (χ1) is 13.2. The number of nitrogens with zero attached hydrogens (tertiary/aromatic N) is 2. The third-order valence-corrected chi connectivity index (χ3v) is 3.66. The van der Waals surface area contributed by atoms with Gasteiger partial charge in [0.1, 0.15) is 18.1 Å². The molecule has 0 unspecified atom stereocenters. The lowest BCUT2D eigenvalue weighted by molar-refractivity contribution is -0.153. The van der Waals surface area contributed by atoms with Crippen LogP contribution in [0, 0.1) is 5.82 Å². The van der Waals surface area contributed by atoms with Gasteiger partial charge in [0.15, 0.2) is 6.61 Å². The number of hydrogen-bond donors (Lipinski definition) is 1. The molecular weight excluding hydrogens is 382 g/mol. The maximum absolute atomic E-state index is 13.5. The molecule has 0 spiro atoms. The molecule has 1 aromatic heterocycles. The van der Waals surface area contributed by atoms with Crippen molar-refractivity contribution in [3.63, 3.8) is 0 Å². The van der Waals surface area contributed by atoms with Gasteiger partial charge in [-0.25, -0.2) is 9.37 Å². The summed E-state index contributed by atoms with van der Waals surface area (Å²) in [5.74, 6) is -1.87. The van der Waals surface area contributed by atoms with E-state index in [0.29, 0.717) is 11.0 Å². The van der Waals surface area contributed by atoms with Crippen molar-refractivity contribution in [1.29, 1.82) is 0 Å². The van der Waals surface area contributed by atoms with E-state index >= 15 is 0 Å². The van der Waals surface area contributed by atoms with Crippen molar-refractivity contribution in [2.75, 3.05) is 11.9 Å². The molecule has 1 amide bonds. The predicted octanol–water partition coefficient (Wildman–Crippen LogP) is 3.12. The Hall–Kier alpha value is -3.43. The summed E-state index contributed by atoms with van der Waals surface area (Å²) in [6.45, 7) is -2.05. The minimum atomic E-state index is -4.60. The molecule has 0 fully saturated rings. The number of benzene rings is 2. The number of aromatic nitrogens is 2. The van der Waals surface area contributed by atoms with Crippen LogP contribution in [0.5, 0.6) is 5.75 Å².